The van der Waals surface area contributed by atoms with Gasteiger partial charge in [0, 0.05) is 49.1 Å². The Kier molecular flexibility index (Phi) is 5.39. The summed E-state index contributed by atoms with van der Waals surface area (Å²) in [5.41, 5.74) is 1.95. The molecule has 0 radical (unpaired) electrons. The molecule has 2 saturated heterocycles. The maximum absolute atomic E-state index is 12.9. The van der Waals surface area contributed by atoms with E-state index >= 15 is 0 Å². The van der Waals surface area contributed by atoms with Gasteiger partial charge in [-0.1, -0.05) is 26.0 Å². The first-order chi connectivity index (χ1) is 13.9. The van der Waals surface area contributed by atoms with Crippen molar-refractivity contribution in [1.29, 1.82) is 0 Å². The molecule has 0 aromatic carbocycles. The highest BCUT2D eigenvalue weighted by molar-refractivity contribution is 14.1. The summed E-state index contributed by atoms with van der Waals surface area (Å²) in [6, 6.07) is 0. The van der Waals surface area contributed by atoms with Crippen molar-refractivity contribution >= 4 is 28.5 Å². The molecule has 160 valence electrons. The van der Waals surface area contributed by atoms with Gasteiger partial charge >= 0.3 is 0 Å². The van der Waals surface area contributed by atoms with Crippen molar-refractivity contribution in [2.45, 2.75) is 52.4 Å². The molecule has 1 amide bonds. The Hall–Kier alpha value is -0.400. The second-order valence-corrected chi connectivity index (χ2v) is 11.5. The molecule has 2 heterocycles. The van der Waals surface area contributed by atoms with Crippen LogP contribution in [0.2, 0.25) is 0 Å². The molecule has 0 aromatic rings. The third-order valence-electron chi connectivity index (χ3n) is 9.10. The quantitative estimate of drug-likeness (QED) is 0.521. The molecule has 0 unspecified atom stereocenters. The van der Waals surface area contributed by atoms with E-state index in [1.54, 1.807) is 3.58 Å². The molecule has 5 heteroatoms. The lowest BCUT2D eigenvalue weighted by Crippen LogP contribution is -2.55. The average Bonchev–Trinajstić information content (AvgIpc) is 3.03. The van der Waals surface area contributed by atoms with Gasteiger partial charge in [-0.05, 0) is 76.0 Å². The molecule has 2 aliphatic heterocycles. The van der Waals surface area contributed by atoms with E-state index in [2.05, 4.69) is 58.4 Å². The van der Waals surface area contributed by atoms with Crippen LogP contribution in [0.1, 0.15) is 52.4 Å². The largest absolute Gasteiger partial charge is 0.379 e. The van der Waals surface area contributed by atoms with Crippen molar-refractivity contribution < 1.29 is 9.53 Å². The highest BCUT2D eigenvalue weighted by atomic mass is 127. The number of hydrogen-bond donors (Lipinski definition) is 0. The minimum Gasteiger partial charge on any atom is -0.379 e. The van der Waals surface area contributed by atoms with Crippen LogP contribution in [0.4, 0.5) is 0 Å². The third-order valence-corrected chi connectivity index (χ3v) is 10.8. The van der Waals surface area contributed by atoms with Crippen molar-refractivity contribution in [1.82, 2.24) is 9.80 Å². The first-order valence-corrected chi connectivity index (χ1v) is 12.7. The van der Waals surface area contributed by atoms with Crippen LogP contribution in [0.3, 0.4) is 0 Å². The predicted molar refractivity (Wildman–Crippen MR) is 124 cm³/mol. The van der Waals surface area contributed by atoms with Crippen molar-refractivity contribution in [2.75, 3.05) is 39.4 Å². The number of amides is 1. The molecule has 3 aliphatic carbocycles. The van der Waals surface area contributed by atoms with Gasteiger partial charge in [0.05, 0.1) is 13.2 Å². The summed E-state index contributed by atoms with van der Waals surface area (Å²) in [6.45, 7) is 10.5. The van der Waals surface area contributed by atoms with Gasteiger partial charge in [0.15, 0.2) is 0 Å². The van der Waals surface area contributed by atoms with Gasteiger partial charge in [0.1, 0.15) is 0 Å². The lowest BCUT2D eigenvalue weighted by molar-refractivity contribution is -0.137. The first-order valence-electron chi connectivity index (χ1n) is 11.6. The van der Waals surface area contributed by atoms with Gasteiger partial charge in [0.2, 0.25) is 5.91 Å². The monoisotopic (exact) mass is 510 g/mol. The molecule has 0 N–H and O–H groups in total. The number of hydrogen-bond acceptors (Lipinski definition) is 3. The molecule has 0 bridgehead atoms. The average molecular weight is 510 g/mol. The van der Waals surface area contributed by atoms with Gasteiger partial charge in [-0.2, -0.15) is 0 Å². The summed E-state index contributed by atoms with van der Waals surface area (Å²) in [5, 5.41) is 0. The van der Waals surface area contributed by atoms with E-state index in [1.165, 1.54) is 25.0 Å². The molecule has 29 heavy (non-hydrogen) atoms. The molecule has 5 rings (SSSR count). The molecule has 1 saturated carbocycles. The minimum absolute atomic E-state index is 0.178. The smallest absolute Gasteiger partial charge is 0.226 e. The Morgan fingerprint density at radius 1 is 1.07 bits per heavy atom. The molecule has 5 atom stereocenters. The van der Waals surface area contributed by atoms with Crippen molar-refractivity contribution in [3.63, 3.8) is 0 Å². The number of halogens is 1. The second-order valence-electron chi connectivity index (χ2n) is 10.4. The van der Waals surface area contributed by atoms with Gasteiger partial charge in [-0.3, -0.25) is 9.69 Å². The number of rotatable bonds is 3. The highest BCUT2D eigenvalue weighted by Gasteiger charge is 2.57. The van der Waals surface area contributed by atoms with E-state index in [4.69, 9.17) is 4.74 Å². The summed E-state index contributed by atoms with van der Waals surface area (Å²) < 4.78 is 7.09. The third kappa shape index (κ3) is 3.25. The van der Waals surface area contributed by atoms with Crippen molar-refractivity contribution in [3.8, 4) is 0 Å². The van der Waals surface area contributed by atoms with E-state index < -0.39 is 0 Å². The zero-order valence-corrected chi connectivity index (χ0v) is 20.1. The predicted octanol–water partition coefficient (Wildman–Crippen LogP) is 4.61. The van der Waals surface area contributed by atoms with Crippen LogP contribution >= 0.6 is 22.6 Å². The number of morpholine rings is 1. The summed E-state index contributed by atoms with van der Waals surface area (Å²) in [5.74, 6) is 2.65. The Bertz CT molecular complexity index is 743. The number of fused-ring (bicyclic) bond motifs is 5. The Balaban J connectivity index is 1.37. The zero-order valence-electron chi connectivity index (χ0n) is 18.0. The fourth-order valence-corrected chi connectivity index (χ4v) is 8.20. The Morgan fingerprint density at radius 2 is 1.86 bits per heavy atom. The number of piperidine rings is 1. The van der Waals surface area contributed by atoms with Crippen molar-refractivity contribution in [3.05, 3.63) is 21.4 Å². The highest BCUT2D eigenvalue weighted by Crippen LogP contribution is 2.65. The minimum atomic E-state index is 0.178. The summed E-state index contributed by atoms with van der Waals surface area (Å²) in [7, 11) is 0. The summed E-state index contributed by atoms with van der Waals surface area (Å²) in [6.07, 6.45) is 11.8. The standard InChI is InChI=1S/C24H35IN2O2/c1-23-9-7-19-17(18(23)4-5-20(23)25)3-6-21-24(19,2)10-8-22(28)27(21)12-11-26-13-15-29-16-14-26/h5-6,17-19H,3-4,7-16H2,1-2H3/t17-,18-,19-,23-,24+/m0/s1. The van der Waals surface area contributed by atoms with E-state index in [9.17, 15) is 4.79 Å². The van der Waals surface area contributed by atoms with Crippen LogP contribution in [0.25, 0.3) is 0 Å². The van der Waals surface area contributed by atoms with Crippen LogP contribution in [-0.4, -0.2) is 55.1 Å². The SMILES string of the molecule is C[C@]12CCC(=O)N(CCN3CCOCC3)C1=CC[C@@H]1[C@@H]2CC[C@]2(C)C(I)=CC[C@@H]12. The number of ether oxygens (including phenoxy) is 1. The molecule has 4 nitrogen and oxygen atoms in total. The fraction of sp³-hybridized carbons (Fsp3) is 0.792. The van der Waals surface area contributed by atoms with E-state index in [0.29, 0.717) is 11.3 Å². The number of allylic oxidation sites excluding steroid dienone is 4. The second kappa shape index (κ2) is 7.63. The fourth-order valence-electron chi connectivity index (χ4n) is 7.27. The van der Waals surface area contributed by atoms with E-state index in [0.717, 1.165) is 76.4 Å². The van der Waals surface area contributed by atoms with Gasteiger partial charge in [-0.25, -0.2) is 0 Å². The zero-order chi connectivity index (χ0) is 20.2. The van der Waals surface area contributed by atoms with Gasteiger partial charge in [-0.15, -0.1) is 0 Å². The van der Waals surface area contributed by atoms with Crippen LogP contribution in [0.5, 0.6) is 0 Å². The number of likely N-dealkylation sites (tertiary alicyclic amines) is 1. The molecule has 3 fully saturated rings. The lowest BCUT2D eigenvalue weighted by Gasteiger charge is -2.58. The maximum atomic E-state index is 12.9. The number of carbonyl (C=O) groups excluding carboxylic acids is 1. The summed E-state index contributed by atoms with van der Waals surface area (Å²) >= 11 is 2.60. The Labute approximate surface area is 189 Å². The van der Waals surface area contributed by atoms with Gasteiger partial charge < -0.3 is 9.64 Å². The molecule has 5 aliphatic rings. The molecule has 0 aromatic heterocycles. The molecular formula is C24H35IN2O2. The van der Waals surface area contributed by atoms with Crippen LogP contribution in [0.15, 0.2) is 21.4 Å². The molecular weight excluding hydrogens is 475 g/mol. The normalized spacial score (nSPS) is 42.7. The first kappa shape index (κ1) is 20.5. The topological polar surface area (TPSA) is 32.8 Å². The Morgan fingerprint density at radius 3 is 2.66 bits per heavy atom. The van der Waals surface area contributed by atoms with Crippen LogP contribution < -0.4 is 0 Å². The number of carbonyl (C=O) groups is 1. The number of nitrogens with zero attached hydrogens (tertiary/aromatic N) is 2. The summed E-state index contributed by atoms with van der Waals surface area (Å²) in [4.78, 5) is 17.6. The van der Waals surface area contributed by atoms with Crippen LogP contribution in [-0.2, 0) is 9.53 Å². The van der Waals surface area contributed by atoms with Crippen LogP contribution in [0, 0.1) is 28.6 Å². The van der Waals surface area contributed by atoms with E-state index in [1.807, 2.05) is 0 Å². The van der Waals surface area contributed by atoms with Crippen molar-refractivity contribution in [2.24, 2.45) is 28.6 Å². The molecule has 0 spiro atoms. The van der Waals surface area contributed by atoms with Gasteiger partial charge in [0.25, 0.3) is 0 Å². The van der Waals surface area contributed by atoms with E-state index in [-0.39, 0.29) is 5.41 Å². The lowest BCUT2D eigenvalue weighted by atomic mass is 9.50. The maximum Gasteiger partial charge on any atom is 0.226 e.